The smallest absolute Gasteiger partial charge is 0.0670 e. The Labute approximate surface area is 87.2 Å². The molecule has 80 valence electrons. The van der Waals surface area contributed by atoms with E-state index >= 15 is 0 Å². The van der Waals surface area contributed by atoms with E-state index in [9.17, 15) is 0 Å². The molecule has 0 bridgehead atoms. The van der Waals surface area contributed by atoms with Crippen molar-refractivity contribution < 1.29 is 4.74 Å². The molecule has 0 radical (unpaired) electrons. The second-order valence-electron chi connectivity index (χ2n) is 3.76. The van der Waals surface area contributed by atoms with Crippen LogP contribution in [0, 0.1) is 0 Å². The van der Waals surface area contributed by atoms with Crippen molar-refractivity contribution in [2.24, 2.45) is 0 Å². The van der Waals surface area contributed by atoms with Gasteiger partial charge in [0.05, 0.1) is 6.61 Å². The third-order valence-corrected chi connectivity index (χ3v) is 2.45. The largest absolute Gasteiger partial charge is 0.378 e. The van der Waals surface area contributed by atoms with Crippen molar-refractivity contribution in [3.8, 4) is 0 Å². The summed E-state index contributed by atoms with van der Waals surface area (Å²) in [4.78, 5) is 2.18. The molecule has 0 unspecified atom stereocenters. The van der Waals surface area contributed by atoms with Crippen molar-refractivity contribution in [2.75, 3.05) is 27.3 Å². The summed E-state index contributed by atoms with van der Waals surface area (Å²) in [7, 11) is 4.19. The van der Waals surface area contributed by atoms with Gasteiger partial charge in [-0.2, -0.15) is 0 Å². The minimum Gasteiger partial charge on any atom is -0.378 e. The predicted molar refractivity (Wildman–Crippen MR) is 60.2 cm³/mol. The van der Waals surface area contributed by atoms with Crippen molar-refractivity contribution in [1.29, 1.82) is 0 Å². The normalized spacial score (nSPS) is 17.1. The van der Waals surface area contributed by atoms with Crippen LogP contribution in [0.5, 0.6) is 0 Å². The Morgan fingerprint density at radius 1 is 1.57 bits per heavy atom. The van der Waals surface area contributed by atoms with E-state index < -0.39 is 0 Å². The predicted octanol–water partition coefficient (Wildman–Crippen LogP) is 2.58. The quantitative estimate of drug-likeness (QED) is 0.625. The Kier molecular flexibility index (Phi) is 4.74. The number of hydrogen-bond acceptors (Lipinski definition) is 2. The molecule has 0 amide bonds. The van der Waals surface area contributed by atoms with Crippen LogP contribution in [0.1, 0.15) is 26.2 Å². The standard InChI is InChI=1S/C12H21NO/c1-4-14-10-9-12(13(2)3)11-7-5-6-8-11/h7,9H,4-6,8,10H2,1-3H3/b12-9+. The average molecular weight is 195 g/mol. The average Bonchev–Trinajstić information content (AvgIpc) is 2.64. The first-order chi connectivity index (χ1) is 6.75. The van der Waals surface area contributed by atoms with E-state index in [0.717, 1.165) is 13.2 Å². The number of allylic oxidation sites excluding steroid dienone is 2. The zero-order valence-corrected chi connectivity index (χ0v) is 9.55. The van der Waals surface area contributed by atoms with Gasteiger partial charge in [-0.1, -0.05) is 6.08 Å². The first-order valence-corrected chi connectivity index (χ1v) is 5.40. The first-order valence-electron chi connectivity index (χ1n) is 5.40. The molecule has 0 aromatic carbocycles. The second-order valence-corrected chi connectivity index (χ2v) is 3.76. The molecule has 0 atom stereocenters. The molecule has 0 fully saturated rings. The highest BCUT2D eigenvalue weighted by atomic mass is 16.5. The SMILES string of the molecule is CCOC/C=C(\C1=CCCC1)N(C)C. The molecule has 1 rings (SSSR count). The van der Waals surface area contributed by atoms with E-state index in [0.29, 0.717) is 0 Å². The Morgan fingerprint density at radius 3 is 2.86 bits per heavy atom. The summed E-state index contributed by atoms with van der Waals surface area (Å²) in [6.45, 7) is 3.54. The third kappa shape index (κ3) is 3.18. The molecule has 14 heavy (non-hydrogen) atoms. The second kappa shape index (κ2) is 5.86. The van der Waals surface area contributed by atoms with Crippen molar-refractivity contribution in [3.05, 3.63) is 23.4 Å². The van der Waals surface area contributed by atoms with Crippen LogP contribution in [0.15, 0.2) is 23.4 Å². The molecular weight excluding hydrogens is 174 g/mol. The lowest BCUT2D eigenvalue weighted by Crippen LogP contribution is -2.13. The van der Waals surface area contributed by atoms with E-state index in [1.807, 2.05) is 6.92 Å². The van der Waals surface area contributed by atoms with E-state index in [2.05, 4.69) is 31.1 Å². The zero-order chi connectivity index (χ0) is 10.4. The highest BCUT2D eigenvalue weighted by Crippen LogP contribution is 2.25. The van der Waals surface area contributed by atoms with Crippen LogP contribution in [0.2, 0.25) is 0 Å². The molecule has 0 aromatic rings. The minimum atomic E-state index is 0.724. The summed E-state index contributed by atoms with van der Waals surface area (Å²) in [6, 6.07) is 0. The fraction of sp³-hybridized carbons (Fsp3) is 0.667. The van der Waals surface area contributed by atoms with Gasteiger partial charge in [0.1, 0.15) is 0 Å². The Bertz CT molecular complexity index is 228. The maximum absolute atomic E-state index is 5.34. The van der Waals surface area contributed by atoms with E-state index in [1.54, 1.807) is 0 Å². The van der Waals surface area contributed by atoms with Gasteiger partial charge in [-0.15, -0.1) is 0 Å². The highest BCUT2D eigenvalue weighted by Gasteiger charge is 2.10. The van der Waals surface area contributed by atoms with Crippen molar-refractivity contribution in [2.45, 2.75) is 26.2 Å². The summed E-state index contributed by atoms with van der Waals surface area (Å²) >= 11 is 0. The molecule has 0 saturated heterocycles. The molecule has 1 aliphatic rings. The molecule has 0 N–H and O–H groups in total. The van der Waals surface area contributed by atoms with Gasteiger partial charge in [0, 0.05) is 26.4 Å². The van der Waals surface area contributed by atoms with Gasteiger partial charge in [-0.25, -0.2) is 0 Å². The highest BCUT2D eigenvalue weighted by molar-refractivity contribution is 5.31. The van der Waals surface area contributed by atoms with Crippen LogP contribution in [0.4, 0.5) is 0 Å². The number of ether oxygens (including phenoxy) is 1. The topological polar surface area (TPSA) is 12.5 Å². The Balaban J connectivity index is 2.58. The van der Waals surface area contributed by atoms with Gasteiger partial charge in [0.2, 0.25) is 0 Å². The fourth-order valence-electron chi connectivity index (χ4n) is 1.76. The van der Waals surface area contributed by atoms with Gasteiger partial charge in [0.15, 0.2) is 0 Å². The lowest BCUT2D eigenvalue weighted by molar-refractivity contribution is 0.176. The number of nitrogens with zero attached hydrogens (tertiary/aromatic N) is 1. The Morgan fingerprint density at radius 2 is 2.36 bits per heavy atom. The van der Waals surface area contributed by atoms with E-state index in [-0.39, 0.29) is 0 Å². The number of hydrogen-bond donors (Lipinski definition) is 0. The lowest BCUT2D eigenvalue weighted by Gasteiger charge is -2.18. The Hall–Kier alpha value is -0.760. The van der Waals surface area contributed by atoms with Crippen LogP contribution >= 0.6 is 0 Å². The summed E-state index contributed by atoms with van der Waals surface area (Å²) < 4.78 is 5.34. The molecule has 0 aliphatic heterocycles. The van der Waals surface area contributed by atoms with Gasteiger partial charge in [-0.3, -0.25) is 0 Å². The van der Waals surface area contributed by atoms with Crippen LogP contribution in [-0.2, 0) is 4.74 Å². The molecule has 1 aliphatic carbocycles. The molecule has 0 aromatic heterocycles. The molecule has 0 spiro atoms. The van der Waals surface area contributed by atoms with Gasteiger partial charge >= 0.3 is 0 Å². The van der Waals surface area contributed by atoms with Gasteiger partial charge in [0.25, 0.3) is 0 Å². The summed E-state index contributed by atoms with van der Waals surface area (Å²) in [5, 5.41) is 0. The molecule has 2 nitrogen and oxygen atoms in total. The van der Waals surface area contributed by atoms with Crippen LogP contribution in [-0.4, -0.2) is 32.2 Å². The first kappa shape index (κ1) is 11.3. The summed E-state index contributed by atoms with van der Waals surface area (Å²) in [5.74, 6) is 0. The van der Waals surface area contributed by atoms with Crippen molar-refractivity contribution in [1.82, 2.24) is 4.90 Å². The molecular formula is C12H21NO. The zero-order valence-electron chi connectivity index (χ0n) is 9.55. The summed E-state index contributed by atoms with van der Waals surface area (Å²) in [5.41, 5.74) is 2.81. The monoisotopic (exact) mass is 195 g/mol. The lowest BCUT2D eigenvalue weighted by atomic mass is 10.1. The number of rotatable bonds is 5. The van der Waals surface area contributed by atoms with E-state index in [1.165, 1.54) is 30.5 Å². The number of likely N-dealkylation sites (N-methyl/N-ethyl adjacent to an activating group) is 1. The van der Waals surface area contributed by atoms with Crippen LogP contribution in [0.3, 0.4) is 0 Å². The van der Waals surface area contributed by atoms with Crippen molar-refractivity contribution >= 4 is 0 Å². The summed E-state index contributed by atoms with van der Waals surface area (Å²) in [6.07, 6.45) is 8.28. The molecule has 0 heterocycles. The molecule has 0 saturated carbocycles. The van der Waals surface area contributed by atoms with Gasteiger partial charge < -0.3 is 9.64 Å². The maximum atomic E-state index is 5.34. The van der Waals surface area contributed by atoms with Gasteiger partial charge in [-0.05, 0) is 37.8 Å². The van der Waals surface area contributed by atoms with Crippen LogP contribution < -0.4 is 0 Å². The third-order valence-electron chi connectivity index (χ3n) is 2.45. The van der Waals surface area contributed by atoms with Crippen LogP contribution in [0.25, 0.3) is 0 Å². The van der Waals surface area contributed by atoms with E-state index in [4.69, 9.17) is 4.74 Å². The van der Waals surface area contributed by atoms with Crippen molar-refractivity contribution in [3.63, 3.8) is 0 Å². The molecule has 2 heteroatoms. The fourth-order valence-corrected chi connectivity index (χ4v) is 1.76. The minimum absolute atomic E-state index is 0.724. The maximum Gasteiger partial charge on any atom is 0.0670 e.